The number of nitrogens with zero attached hydrogens (tertiary/aromatic N) is 1. The molecule has 0 aliphatic carbocycles. The first-order valence-electron chi connectivity index (χ1n) is 9.05. The quantitative estimate of drug-likeness (QED) is 0.724. The van der Waals surface area contributed by atoms with Gasteiger partial charge in [0.1, 0.15) is 5.75 Å². The number of para-hydroxylation sites is 1. The number of anilines is 1. The fourth-order valence-electron chi connectivity index (χ4n) is 3.17. The predicted octanol–water partition coefficient (Wildman–Crippen LogP) is 2.52. The Kier molecular flexibility index (Phi) is 6.19. The lowest BCUT2D eigenvalue weighted by molar-refractivity contribution is 0.0602. The van der Waals surface area contributed by atoms with E-state index in [2.05, 4.69) is 5.32 Å². The van der Waals surface area contributed by atoms with E-state index >= 15 is 0 Å². The van der Waals surface area contributed by atoms with Crippen LogP contribution in [0.25, 0.3) is 0 Å². The lowest BCUT2D eigenvalue weighted by Gasteiger charge is -2.17. The molecule has 0 atom stereocenters. The first kappa shape index (κ1) is 20.8. The van der Waals surface area contributed by atoms with E-state index in [1.54, 1.807) is 18.2 Å². The summed E-state index contributed by atoms with van der Waals surface area (Å²) in [6, 6.07) is 10.5. The lowest BCUT2D eigenvalue weighted by Crippen LogP contribution is -2.28. The third-order valence-electron chi connectivity index (χ3n) is 4.70. The Hall–Kier alpha value is -2.91. The van der Waals surface area contributed by atoms with E-state index in [1.165, 1.54) is 42.8 Å². The number of hydrogen-bond acceptors (Lipinski definition) is 6. The molecule has 0 radical (unpaired) electrons. The zero-order valence-electron chi connectivity index (χ0n) is 16.2. The van der Waals surface area contributed by atoms with Gasteiger partial charge in [-0.05, 0) is 43.2 Å². The van der Waals surface area contributed by atoms with Gasteiger partial charge in [0.05, 0.1) is 35.9 Å². The van der Waals surface area contributed by atoms with Gasteiger partial charge in [-0.2, -0.15) is 4.31 Å². The minimum atomic E-state index is -3.69. The standard InChI is InChI=1S/C20H22N2O6S/c1-27-18-10-9-14(29(25,26)22-11-5-6-12-22)13-16(18)19(23)21-17-8-4-3-7-15(17)20(24)28-2/h3-4,7-10,13H,5-6,11-12H2,1-2H3,(H,21,23). The minimum Gasteiger partial charge on any atom is -0.496 e. The molecule has 9 heteroatoms. The Balaban J connectivity index is 1.96. The summed E-state index contributed by atoms with van der Waals surface area (Å²) in [7, 11) is -1.06. The monoisotopic (exact) mass is 418 g/mol. The average Bonchev–Trinajstić information content (AvgIpc) is 3.29. The fraction of sp³-hybridized carbons (Fsp3) is 0.300. The molecule has 1 aliphatic heterocycles. The molecule has 1 amide bonds. The molecule has 3 rings (SSSR count). The highest BCUT2D eigenvalue weighted by Gasteiger charge is 2.29. The van der Waals surface area contributed by atoms with Gasteiger partial charge in [0, 0.05) is 13.1 Å². The van der Waals surface area contributed by atoms with Crippen molar-refractivity contribution in [2.75, 3.05) is 32.6 Å². The van der Waals surface area contributed by atoms with Crippen LogP contribution in [0.15, 0.2) is 47.4 Å². The van der Waals surface area contributed by atoms with E-state index in [9.17, 15) is 18.0 Å². The lowest BCUT2D eigenvalue weighted by atomic mass is 10.1. The van der Waals surface area contributed by atoms with E-state index in [1.807, 2.05) is 0 Å². The molecule has 0 aromatic heterocycles. The van der Waals surface area contributed by atoms with Crippen LogP contribution in [0.4, 0.5) is 5.69 Å². The Morgan fingerprint density at radius 2 is 1.69 bits per heavy atom. The van der Waals surface area contributed by atoms with Crippen molar-refractivity contribution in [3.63, 3.8) is 0 Å². The second-order valence-corrected chi connectivity index (χ2v) is 8.40. The minimum absolute atomic E-state index is 0.0200. The van der Waals surface area contributed by atoms with Crippen molar-refractivity contribution >= 4 is 27.6 Å². The number of benzene rings is 2. The molecule has 8 nitrogen and oxygen atoms in total. The highest BCUT2D eigenvalue weighted by molar-refractivity contribution is 7.89. The van der Waals surface area contributed by atoms with Crippen molar-refractivity contribution in [3.8, 4) is 5.75 Å². The molecule has 29 heavy (non-hydrogen) atoms. The third-order valence-corrected chi connectivity index (χ3v) is 6.59. The summed E-state index contributed by atoms with van der Waals surface area (Å²) in [5.74, 6) is -0.978. The van der Waals surface area contributed by atoms with E-state index in [0.717, 1.165) is 12.8 Å². The third kappa shape index (κ3) is 4.25. The molecule has 2 aromatic carbocycles. The SMILES string of the molecule is COC(=O)c1ccccc1NC(=O)c1cc(S(=O)(=O)N2CCCC2)ccc1OC. The van der Waals surface area contributed by atoms with Gasteiger partial charge in [-0.25, -0.2) is 13.2 Å². The van der Waals surface area contributed by atoms with Crippen molar-refractivity contribution in [2.24, 2.45) is 0 Å². The Morgan fingerprint density at radius 3 is 2.34 bits per heavy atom. The van der Waals surface area contributed by atoms with Gasteiger partial charge in [-0.15, -0.1) is 0 Å². The van der Waals surface area contributed by atoms with E-state index in [0.29, 0.717) is 13.1 Å². The van der Waals surface area contributed by atoms with Crippen molar-refractivity contribution in [2.45, 2.75) is 17.7 Å². The van der Waals surface area contributed by atoms with Crippen LogP contribution >= 0.6 is 0 Å². The summed E-state index contributed by atoms with van der Waals surface area (Å²) in [4.78, 5) is 24.9. The summed E-state index contributed by atoms with van der Waals surface area (Å²) in [5.41, 5.74) is 0.481. The van der Waals surface area contributed by atoms with Crippen LogP contribution in [0.3, 0.4) is 0 Å². The van der Waals surface area contributed by atoms with Crippen LogP contribution in [0.2, 0.25) is 0 Å². The number of amides is 1. The maximum atomic E-state index is 12.9. The van der Waals surface area contributed by atoms with Gasteiger partial charge >= 0.3 is 5.97 Å². The maximum Gasteiger partial charge on any atom is 0.339 e. The van der Waals surface area contributed by atoms with E-state index in [4.69, 9.17) is 9.47 Å². The highest BCUT2D eigenvalue weighted by Crippen LogP contribution is 2.27. The van der Waals surface area contributed by atoms with Gasteiger partial charge in [0.25, 0.3) is 5.91 Å². The number of nitrogens with one attached hydrogen (secondary N) is 1. The molecular weight excluding hydrogens is 396 g/mol. The molecule has 0 unspecified atom stereocenters. The van der Waals surface area contributed by atoms with E-state index < -0.39 is 21.9 Å². The number of carbonyl (C=O) groups excluding carboxylic acids is 2. The average molecular weight is 418 g/mol. The van der Waals surface area contributed by atoms with Gasteiger partial charge < -0.3 is 14.8 Å². The fourth-order valence-corrected chi connectivity index (χ4v) is 4.72. The summed E-state index contributed by atoms with van der Waals surface area (Å²) >= 11 is 0. The Morgan fingerprint density at radius 1 is 1.00 bits per heavy atom. The largest absolute Gasteiger partial charge is 0.496 e. The number of hydrogen-bond donors (Lipinski definition) is 1. The van der Waals surface area contributed by atoms with Crippen LogP contribution in [-0.2, 0) is 14.8 Å². The summed E-state index contributed by atoms with van der Waals surface area (Å²) in [6.07, 6.45) is 1.63. The van der Waals surface area contributed by atoms with Crippen molar-refractivity contribution in [3.05, 3.63) is 53.6 Å². The topological polar surface area (TPSA) is 102 Å². The predicted molar refractivity (Wildman–Crippen MR) is 107 cm³/mol. The van der Waals surface area contributed by atoms with Gasteiger partial charge in [0.15, 0.2) is 0 Å². The first-order valence-corrected chi connectivity index (χ1v) is 10.5. The van der Waals surface area contributed by atoms with Crippen LogP contribution in [0.1, 0.15) is 33.6 Å². The van der Waals surface area contributed by atoms with Crippen molar-refractivity contribution in [1.82, 2.24) is 4.31 Å². The van der Waals surface area contributed by atoms with Gasteiger partial charge in [-0.1, -0.05) is 12.1 Å². The highest BCUT2D eigenvalue weighted by atomic mass is 32.2. The molecule has 1 saturated heterocycles. The van der Waals surface area contributed by atoms with Gasteiger partial charge in [-0.3, -0.25) is 4.79 Å². The number of ether oxygens (including phenoxy) is 2. The van der Waals surface area contributed by atoms with Gasteiger partial charge in [0.2, 0.25) is 10.0 Å². The molecule has 1 fully saturated rings. The van der Waals surface area contributed by atoms with Crippen molar-refractivity contribution in [1.29, 1.82) is 0 Å². The number of methoxy groups -OCH3 is 2. The molecule has 1 N–H and O–H groups in total. The smallest absolute Gasteiger partial charge is 0.339 e. The zero-order chi connectivity index (χ0) is 21.0. The molecule has 1 heterocycles. The van der Waals surface area contributed by atoms with E-state index in [-0.39, 0.29) is 27.5 Å². The molecule has 1 aliphatic rings. The summed E-state index contributed by atoms with van der Waals surface area (Å²) in [5, 5.41) is 2.64. The number of sulfonamides is 1. The van der Waals surface area contributed by atoms with Crippen LogP contribution in [0, 0.1) is 0 Å². The summed E-state index contributed by atoms with van der Waals surface area (Å²) < 4.78 is 37.1. The zero-order valence-corrected chi connectivity index (χ0v) is 17.0. The molecular formula is C20H22N2O6S. The molecule has 0 spiro atoms. The number of rotatable bonds is 6. The molecule has 154 valence electrons. The first-order chi connectivity index (χ1) is 13.9. The number of carbonyl (C=O) groups is 2. The summed E-state index contributed by atoms with van der Waals surface area (Å²) in [6.45, 7) is 0.921. The molecule has 2 aromatic rings. The second-order valence-electron chi connectivity index (χ2n) is 6.46. The Bertz CT molecular complexity index is 1030. The van der Waals surface area contributed by atoms with Crippen LogP contribution < -0.4 is 10.1 Å². The van der Waals surface area contributed by atoms with Crippen LogP contribution in [-0.4, -0.2) is 51.9 Å². The molecule has 0 bridgehead atoms. The van der Waals surface area contributed by atoms with Crippen molar-refractivity contribution < 1.29 is 27.5 Å². The number of esters is 1. The normalized spacial score (nSPS) is 14.4. The van der Waals surface area contributed by atoms with Crippen LogP contribution in [0.5, 0.6) is 5.75 Å². The molecule has 0 saturated carbocycles. The Labute approximate surface area is 169 Å². The maximum absolute atomic E-state index is 12.9. The second kappa shape index (κ2) is 8.62.